The average molecular weight is 248 g/mol. The minimum absolute atomic E-state index is 0.310. The van der Waals surface area contributed by atoms with Gasteiger partial charge in [0.25, 0.3) is 0 Å². The van der Waals surface area contributed by atoms with Crippen molar-refractivity contribution < 1.29 is 13.9 Å². The molecule has 0 aliphatic rings. The van der Waals surface area contributed by atoms with E-state index in [0.717, 1.165) is 0 Å². The smallest absolute Gasteiger partial charge is 0.123 e. The zero-order valence-corrected chi connectivity index (χ0v) is 10.0. The van der Waals surface area contributed by atoms with E-state index in [1.54, 1.807) is 25.1 Å². The summed E-state index contributed by atoms with van der Waals surface area (Å²) in [6.07, 6.45) is -0.447. The van der Waals surface area contributed by atoms with Gasteiger partial charge in [-0.3, -0.25) is 0 Å². The third-order valence-electron chi connectivity index (χ3n) is 2.91. The summed E-state index contributed by atoms with van der Waals surface area (Å²) < 4.78 is 26.0. The number of hydrogen-bond donors (Lipinski definition) is 1. The Morgan fingerprint density at radius 3 is 2.44 bits per heavy atom. The lowest BCUT2D eigenvalue weighted by Gasteiger charge is -2.14. The molecule has 2 aromatic rings. The van der Waals surface area contributed by atoms with Crippen LogP contribution in [0.5, 0.6) is 0 Å². The molecule has 1 N–H and O–H groups in total. The maximum absolute atomic E-state index is 13.0. The van der Waals surface area contributed by atoms with Gasteiger partial charge in [-0.1, -0.05) is 18.2 Å². The third-order valence-corrected chi connectivity index (χ3v) is 2.91. The summed E-state index contributed by atoms with van der Waals surface area (Å²) >= 11 is 0. The van der Waals surface area contributed by atoms with Crippen LogP contribution < -0.4 is 0 Å². The van der Waals surface area contributed by atoms with Gasteiger partial charge in [0, 0.05) is 6.42 Å². The van der Waals surface area contributed by atoms with Crippen LogP contribution in [0.2, 0.25) is 0 Å². The summed E-state index contributed by atoms with van der Waals surface area (Å²) in [6, 6.07) is 10.4. The maximum Gasteiger partial charge on any atom is 0.123 e. The molecule has 94 valence electrons. The third kappa shape index (κ3) is 2.93. The van der Waals surface area contributed by atoms with Crippen LogP contribution in [-0.2, 0) is 6.42 Å². The minimum Gasteiger partial charge on any atom is -0.388 e. The predicted octanol–water partition coefficient (Wildman–Crippen LogP) is 3.55. The first kappa shape index (κ1) is 12.7. The first-order valence-corrected chi connectivity index (χ1v) is 5.75. The molecule has 0 heterocycles. The number of rotatable bonds is 3. The van der Waals surface area contributed by atoms with Crippen molar-refractivity contribution in [2.45, 2.75) is 19.4 Å². The van der Waals surface area contributed by atoms with Crippen molar-refractivity contribution >= 4 is 0 Å². The first-order valence-electron chi connectivity index (χ1n) is 5.75. The predicted molar refractivity (Wildman–Crippen MR) is 66.2 cm³/mol. The van der Waals surface area contributed by atoms with Crippen molar-refractivity contribution in [1.29, 1.82) is 0 Å². The Balaban J connectivity index is 2.19. The van der Waals surface area contributed by atoms with Gasteiger partial charge < -0.3 is 5.11 Å². The van der Waals surface area contributed by atoms with E-state index in [9.17, 15) is 13.9 Å². The normalized spacial score (nSPS) is 12.4. The van der Waals surface area contributed by atoms with E-state index in [4.69, 9.17) is 0 Å². The minimum atomic E-state index is -0.757. The van der Waals surface area contributed by atoms with Crippen LogP contribution >= 0.6 is 0 Å². The molecule has 0 amide bonds. The first-order chi connectivity index (χ1) is 8.56. The number of benzene rings is 2. The number of aliphatic hydroxyl groups is 1. The fourth-order valence-electron chi connectivity index (χ4n) is 2.01. The topological polar surface area (TPSA) is 20.2 Å². The summed E-state index contributed by atoms with van der Waals surface area (Å²) in [4.78, 5) is 0. The van der Waals surface area contributed by atoms with Crippen LogP contribution in [0.3, 0.4) is 0 Å². The lowest BCUT2D eigenvalue weighted by Crippen LogP contribution is -2.04. The van der Waals surface area contributed by atoms with Crippen LogP contribution in [0.15, 0.2) is 42.5 Å². The molecule has 0 spiro atoms. The van der Waals surface area contributed by atoms with Gasteiger partial charge in [-0.05, 0) is 47.9 Å². The van der Waals surface area contributed by atoms with Crippen molar-refractivity contribution in [2.24, 2.45) is 0 Å². The molecule has 2 rings (SSSR count). The summed E-state index contributed by atoms with van der Waals surface area (Å²) in [5.41, 5.74) is 2.07. The Bertz CT molecular complexity index is 552. The molecule has 2 aromatic carbocycles. The van der Waals surface area contributed by atoms with E-state index in [2.05, 4.69) is 0 Å². The highest BCUT2D eigenvalue weighted by molar-refractivity contribution is 5.30. The zero-order valence-electron chi connectivity index (χ0n) is 10.0. The molecule has 3 heteroatoms. The Labute approximate surface area is 105 Å². The summed E-state index contributed by atoms with van der Waals surface area (Å²) in [6.45, 7) is 1.74. The monoisotopic (exact) mass is 248 g/mol. The fourth-order valence-corrected chi connectivity index (χ4v) is 2.01. The molecule has 0 aromatic heterocycles. The molecule has 0 fully saturated rings. The quantitative estimate of drug-likeness (QED) is 0.880. The number of aryl methyl sites for hydroxylation is 1. The standard InChI is InChI=1S/C15H14F2O/c1-10-7-13(17)5-6-14(10)15(18)9-11-3-2-4-12(16)8-11/h2-8,15,18H,9H2,1H3. The molecule has 0 radical (unpaired) electrons. The van der Waals surface area contributed by atoms with Crippen molar-refractivity contribution in [2.75, 3.05) is 0 Å². The molecular formula is C15H14F2O. The van der Waals surface area contributed by atoms with E-state index in [0.29, 0.717) is 23.1 Å². The summed E-state index contributed by atoms with van der Waals surface area (Å²) in [5, 5.41) is 10.1. The van der Waals surface area contributed by atoms with Crippen LogP contribution in [-0.4, -0.2) is 5.11 Å². The zero-order chi connectivity index (χ0) is 13.1. The lowest BCUT2D eigenvalue weighted by molar-refractivity contribution is 0.177. The molecule has 1 atom stereocenters. The van der Waals surface area contributed by atoms with Gasteiger partial charge in [0.1, 0.15) is 11.6 Å². The second-order valence-corrected chi connectivity index (χ2v) is 4.35. The van der Waals surface area contributed by atoms with E-state index >= 15 is 0 Å². The van der Waals surface area contributed by atoms with Gasteiger partial charge in [0.15, 0.2) is 0 Å². The van der Waals surface area contributed by atoms with Crippen LogP contribution in [0.4, 0.5) is 8.78 Å². The van der Waals surface area contributed by atoms with Crippen molar-refractivity contribution in [3.63, 3.8) is 0 Å². The maximum atomic E-state index is 13.0. The van der Waals surface area contributed by atoms with Crippen molar-refractivity contribution in [3.05, 3.63) is 70.8 Å². The summed E-state index contributed by atoms with van der Waals surface area (Å²) in [7, 11) is 0. The van der Waals surface area contributed by atoms with Gasteiger partial charge in [0.2, 0.25) is 0 Å². The van der Waals surface area contributed by atoms with Crippen LogP contribution in [0.1, 0.15) is 22.8 Å². The summed E-state index contributed by atoms with van der Waals surface area (Å²) in [5.74, 6) is -0.648. The lowest BCUT2D eigenvalue weighted by atomic mass is 9.97. The molecular weight excluding hydrogens is 234 g/mol. The second-order valence-electron chi connectivity index (χ2n) is 4.35. The van der Waals surface area contributed by atoms with E-state index < -0.39 is 6.10 Å². The van der Waals surface area contributed by atoms with Gasteiger partial charge in [0.05, 0.1) is 6.10 Å². The number of halogens is 2. The molecule has 1 unspecified atom stereocenters. The van der Waals surface area contributed by atoms with Gasteiger partial charge in [-0.15, -0.1) is 0 Å². The van der Waals surface area contributed by atoms with Gasteiger partial charge in [-0.2, -0.15) is 0 Å². The molecule has 1 nitrogen and oxygen atoms in total. The number of hydrogen-bond acceptors (Lipinski definition) is 1. The van der Waals surface area contributed by atoms with Crippen LogP contribution in [0, 0.1) is 18.6 Å². The Kier molecular flexibility index (Phi) is 3.72. The molecule has 0 saturated carbocycles. The van der Waals surface area contributed by atoms with E-state index in [1.807, 2.05) is 0 Å². The Morgan fingerprint density at radius 1 is 1.06 bits per heavy atom. The van der Waals surface area contributed by atoms with Gasteiger partial charge in [-0.25, -0.2) is 8.78 Å². The highest BCUT2D eigenvalue weighted by Gasteiger charge is 2.12. The van der Waals surface area contributed by atoms with E-state index in [-0.39, 0.29) is 11.6 Å². The molecule has 0 saturated heterocycles. The van der Waals surface area contributed by atoms with Gasteiger partial charge >= 0.3 is 0 Å². The largest absolute Gasteiger partial charge is 0.388 e. The van der Waals surface area contributed by atoms with E-state index in [1.165, 1.54) is 24.3 Å². The second kappa shape index (κ2) is 5.27. The van der Waals surface area contributed by atoms with Crippen LogP contribution in [0.25, 0.3) is 0 Å². The van der Waals surface area contributed by atoms with Crippen molar-refractivity contribution in [1.82, 2.24) is 0 Å². The Morgan fingerprint density at radius 2 is 1.78 bits per heavy atom. The Hall–Kier alpha value is -1.74. The average Bonchev–Trinajstić information content (AvgIpc) is 2.28. The molecule has 0 aliphatic carbocycles. The van der Waals surface area contributed by atoms with Crippen molar-refractivity contribution in [3.8, 4) is 0 Å². The molecule has 0 aliphatic heterocycles. The molecule has 0 bridgehead atoms. The fraction of sp³-hybridized carbons (Fsp3) is 0.200. The molecule has 18 heavy (non-hydrogen) atoms. The SMILES string of the molecule is Cc1cc(F)ccc1C(O)Cc1cccc(F)c1. The highest BCUT2D eigenvalue weighted by atomic mass is 19.1. The highest BCUT2D eigenvalue weighted by Crippen LogP contribution is 2.22. The number of aliphatic hydroxyl groups excluding tert-OH is 1.